The molecule has 1 aliphatic heterocycles. The second kappa shape index (κ2) is 9.65. The van der Waals surface area contributed by atoms with Gasteiger partial charge in [0, 0.05) is 56.8 Å². The molecule has 4 rings (SSSR count). The van der Waals surface area contributed by atoms with Crippen LogP contribution in [0.5, 0.6) is 0 Å². The monoisotopic (exact) mass is 405 g/mol. The van der Waals surface area contributed by atoms with E-state index in [1.807, 2.05) is 42.5 Å². The zero-order valence-corrected chi connectivity index (χ0v) is 17.3. The largest absolute Gasteiger partial charge is 0.421 e. The molecule has 7 nitrogen and oxygen atoms in total. The van der Waals surface area contributed by atoms with Crippen molar-refractivity contribution in [3.63, 3.8) is 0 Å². The third kappa shape index (κ3) is 5.52. The molecule has 0 spiro atoms. The van der Waals surface area contributed by atoms with Crippen LogP contribution in [-0.2, 0) is 17.8 Å². The molecule has 0 atom stereocenters. The number of anilines is 1. The molecule has 1 amide bonds. The molecule has 2 aromatic carbocycles. The lowest BCUT2D eigenvalue weighted by Crippen LogP contribution is -2.43. The summed E-state index contributed by atoms with van der Waals surface area (Å²) >= 11 is 0. The first-order valence-corrected chi connectivity index (χ1v) is 10.3. The van der Waals surface area contributed by atoms with Crippen LogP contribution in [0.4, 0.5) is 5.69 Å². The number of piperazine rings is 1. The molecule has 7 heteroatoms. The molecule has 30 heavy (non-hydrogen) atoms. The van der Waals surface area contributed by atoms with E-state index in [4.69, 9.17) is 4.42 Å². The lowest BCUT2D eigenvalue weighted by Gasteiger charge is -2.32. The highest BCUT2D eigenvalue weighted by atomic mass is 16.4. The van der Waals surface area contributed by atoms with Crippen molar-refractivity contribution in [3.05, 3.63) is 66.1 Å². The van der Waals surface area contributed by atoms with Crippen LogP contribution in [0, 0.1) is 0 Å². The molecule has 0 aliphatic carbocycles. The molecule has 3 aromatic rings. The summed E-state index contributed by atoms with van der Waals surface area (Å²) in [4.78, 5) is 17.2. The lowest BCUT2D eigenvalue weighted by molar-refractivity contribution is -0.116. The van der Waals surface area contributed by atoms with Crippen molar-refractivity contribution in [2.24, 2.45) is 0 Å². The summed E-state index contributed by atoms with van der Waals surface area (Å²) in [6.45, 7) is 5.24. The van der Waals surface area contributed by atoms with E-state index in [1.165, 1.54) is 5.56 Å². The second-order valence-corrected chi connectivity index (χ2v) is 7.69. The summed E-state index contributed by atoms with van der Waals surface area (Å²) < 4.78 is 5.67. The molecule has 156 valence electrons. The predicted molar refractivity (Wildman–Crippen MR) is 116 cm³/mol. The molecule has 1 fully saturated rings. The Kier molecular flexibility index (Phi) is 6.51. The Morgan fingerprint density at radius 1 is 1.03 bits per heavy atom. The smallest absolute Gasteiger partial charge is 0.247 e. The zero-order chi connectivity index (χ0) is 20.8. The number of carbonyl (C=O) groups is 1. The maximum atomic E-state index is 12.4. The molecule has 1 aliphatic rings. The SMILES string of the molecule is CN1CCN(Cc2cccc(NC(=O)CCc3nnc(-c4ccccc4)o3)c2)CC1. The molecular formula is C23H27N5O2. The first-order valence-electron chi connectivity index (χ1n) is 10.3. The number of amides is 1. The molecule has 1 aromatic heterocycles. The van der Waals surface area contributed by atoms with Crippen molar-refractivity contribution in [1.82, 2.24) is 20.0 Å². The number of rotatable bonds is 7. The van der Waals surface area contributed by atoms with Gasteiger partial charge in [-0.25, -0.2) is 0 Å². The Bertz CT molecular complexity index is 964. The predicted octanol–water partition coefficient (Wildman–Crippen LogP) is 3.06. The van der Waals surface area contributed by atoms with Crippen LogP contribution >= 0.6 is 0 Å². The molecule has 1 saturated heterocycles. The minimum absolute atomic E-state index is 0.0637. The van der Waals surface area contributed by atoms with Crippen LogP contribution in [0.25, 0.3) is 11.5 Å². The number of benzene rings is 2. The van der Waals surface area contributed by atoms with Crippen LogP contribution < -0.4 is 5.32 Å². The molecule has 2 heterocycles. The van der Waals surface area contributed by atoms with Gasteiger partial charge in [0.1, 0.15) is 0 Å². The highest BCUT2D eigenvalue weighted by Crippen LogP contribution is 2.18. The van der Waals surface area contributed by atoms with E-state index < -0.39 is 0 Å². The van der Waals surface area contributed by atoms with Gasteiger partial charge in [-0.05, 0) is 36.9 Å². The fourth-order valence-corrected chi connectivity index (χ4v) is 3.51. The fraction of sp³-hybridized carbons (Fsp3) is 0.348. The van der Waals surface area contributed by atoms with Crippen LogP contribution in [0.3, 0.4) is 0 Å². The Morgan fingerprint density at radius 2 is 1.83 bits per heavy atom. The number of aromatic nitrogens is 2. The van der Waals surface area contributed by atoms with E-state index in [-0.39, 0.29) is 5.91 Å². The van der Waals surface area contributed by atoms with Gasteiger partial charge in [0.2, 0.25) is 17.7 Å². The van der Waals surface area contributed by atoms with Gasteiger partial charge in [0.15, 0.2) is 0 Å². The normalized spacial score (nSPS) is 15.2. The highest BCUT2D eigenvalue weighted by Gasteiger charge is 2.14. The molecular weight excluding hydrogens is 378 g/mol. The van der Waals surface area contributed by atoms with E-state index in [9.17, 15) is 4.79 Å². The maximum Gasteiger partial charge on any atom is 0.247 e. The van der Waals surface area contributed by atoms with Gasteiger partial charge < -0.3 is 14.6 Å². The number of carbonyl (C=O) groups excluding carboxylic acids is 1. The molecule has 0 unspecified atom stereocenters. The third-order valence-electron chi connectivity index (χ3n) is 5.27. The Balaban J connectivity index is 1.28. The Morgan fingerprint density at radius 3 is 2.63 bits per heavy atom. The van der Waals surface area contributed by atoms with E-state index in [0.29, 0.717) is 24.6 Å². The first kappa shape index (κ1) is 20.3. The van der Waals surface area contributed by atoms with Crippen molar-refractivity contribution >= 4 is 11.6 Å². The fourth-order valence-electron chi connectivity index (χ4n) is 3.51. The molecule has 0 saturated carbocycles. The van der Waals surface area contributed by atoms with Crippen LogP contribution in [-0.4, -0.2) is 59.1 Å². The highest BCUT2D eigenvalue weighted by molar-refractivity contribution is 5.90. The number of aryl methyl sites for hydroxylation is 1. The lowest BCUT2D eigenvalue weighted by atomic mass is 10.1. The van der Waals surface area contributed by atoms with Gasteiger partial charge in [-0.1, -0.05) is 30.3 Å². The molecule has 1 N–H and O–H groups in total. The van der Waals surface area contributed by atoms with Crippen molar-refractivity contribution in [3.8, 4) is 11.5 Å². The number of hydrogen-bond acceptors (Lipinski definition) is 6. The summed E-state index contributed by atoms with van der Waals surface area (Å²) in [5.74, 6) is 0.877. The van der Waals surface area contributed by atoms with Gasteiger partial charge in [0.25, 0.3) is 0 Å². The topological polar surface area (TPSA) is 74.5 Å². The average Bonchev–Trinajstić information content (AvgIpc) is 3.24. The average molecular weight is 406 g/mol. The summed E-state index contributed by atoms with van der Waals surface area (Å²) in [6.07, 6.45) is 0.700. The maximum absolute atomic E-state index is 12.4. The van der Waals surface area contributed by atoms with Crippen LogP contribution in [0.15, 0.2) is 59.0 Å². The second-order valence-electron chi connectivity index (χ2n) is 7.69. The summed E-state index contributed by atoms with van der Waals surface area (Å²) in [7, 11) is 2.16. The Labute approximate surface area is 176 Å². The van der Waals surface area contributed by atoms with Crippen molar-refractivity contribution < 1.29 is 9.21 Å². The minimum atomic E-state index is -0.0637. The van der Waals surface area contributed by atoms with Crippen LogP contribution in [0.1, 0.15) is 17.9 Å². The summed E-state index contributed by atoms with van der Waals surface area (Å²) in [5, 5.41) is 11.1. The molecule has 0 bridgehead atoms. The van der Waals surface area contributed by atoms with Crippen molar-refractivity contribution in [2.45, 2.75) is 19.4 Å². The van der Waals surface area contributed by atoms with Crippen molar-refractivity contribution in [2.75, 3.05) is 38.5 Å². The third-order valence-corrected chi connectivity index (χ3v) is 5.27. The van der Waals surface area contributed by atoms with E-state index >= 15 is 0 Å². The van der Waals surface area contributed by atoms with Crippen molar-refractivity contribution in [1.29, 1.82) is 0 Å². The summed E-state index contributed by atoms with van der Waals surface area (Å²) in [5.41, 5.74) is 2.90. The minimum Gasteiger partial charge on any atom is -0.421 e. The zero-order valence-electron chi connectivity index (χ0n) is 17.3. The van der Waals surface area contributed by atoms with E-state index in [1.54, 1.807) is 0 Å². The van der Waals surface area contributed by atoms with Gasteiger partial charge in [0.05, 0.1) is 0 Å². The quantitative estimate of drug-likeness (QED) is 0.651. The van der Waals surface area contributed by atoms with E-state index in [0.717, 1.165) is 44.0 Å². The molecule has 0 radical (unpaired) electrons. The summed E-state index contributed by atoms with van der Waals surface area (Å²) in [6, 6.07) is 17.7. The van der Waals surface area contributed by atoms with Gasteiger partial charge >= 0.3 is 0 Å². The number of nitrogens with zero attached hydrogens (tertiary/aromatic N) is 4. The Hall–Kier alpha value is -3.03. The number of likely N-dealkylation sites (N-methyl/N-ethyl adjacent to an activating group) is 1. The standard InChI is InChI=1S/C23H27N5O2/c1-27-12-14-28(15-13-27)17-18-6-5-9-20(16-18)24-21(29)10-11-22-25-26-23(30-22)19-7-3-2-4-8-19/h2-9,16H,10-15,17H2,1H3,(H,24,29). The number of nitrogens with one attached hydrogen (secondary N) is 1. The van der Waals surface area contributed by atoms with E-state index in [2.05, 4.69) is 44.5 Å². The van der Waals surface area contributed by atoms with Gasteiger partial charge in [-0.15, -0.1) is 10.2 Å². The first-order chi connectivity index (χ1) is 14.7. The van der Waals surface area contributed by atoms with Gasteiger partial charge in [-0.2, -0.15) is 0 Å². The number of hydrogen-bond donors (Lipinski definition) is 1. The van der Waals surface area contributed by atoms with Crippen LogP contribution in [0.2, 0.25) is 0 Å². The van der Waals surface area contributed by atoms with Gasteiger partial charge in [-0.3, -0.25) is 9.69 Å².